The minimum atomic E-state index is -2.42. The van der Waals surface area contributed by atoms with Crippen LogP contribution in [-0.4, -0.2) is 83.9 Å². The molecule has 2 saturated heterocycles. The Hall–Kier alpha value is -2.72. The van der Waals surface area contributed by atoms with Gasteiger partial charge in [-0.05, 0) is 51.0 Å². The Kier molecular flexibility index (Phi) is 7.37. The number of morpholine rings is 1. The summed E-state index contributed by atoms with van der Waals surface area (Å²) in [7, 11) is 1.54. The van der Waals surface area contributed by atoms with Crippen molar-refractivity contribution in [3.8, 4) is 11.5 Å². The lowest BCUT2D eigenvalue weighted by atomic mass is 9.88. The van der Waals surface area contributed by atoms with Gasteiger partial charge in [-0.2, -0.15) is 5.10 Å². The number of aromatic amines is 1. The zero-order valence-corrected chi connectivity index (χ0v) is 19.8. The molecule has 0 bridgehead atoms. The van der Waals surface area contributed by atoms with Crippen LogP contribution in [0, 0.1) is 0 Å². The highest BCUT2D eigenvalue weighted by atomic mass is 19.3. The summed E-state index contributed by atoms with van der Waals surface area (Å²) in [4.78, 5) is 16.7. The highest BCUT2D eigenvalue weighted by molar-refractivity contribution is 5.95. The number of nitrogens with zero attached hydrogens (tertiary/aromatic N) is 3. The second-order valence-electron chi connectivity index (χ2n) is 9.21. The number of hydrogen-bond acceptors (Lipinski definition) is 6. The molecule has 2 aliphatic heterocycles. The molecule has 1 aromatic heterocycles. The number of halogens is 2. The second kappa shape index (κ2) is 10.3. The van der Waals surface area contributed by atoms with E-state index in [0.717, 1.165) is 5.69 Å². The molecule has 8 nitrogen and oxygen atoms in total. The van der Waals surface area contributed by atoms with E-state index in [1.807, 2.05) is 19.9 Å². The van der Waals surface area contributed by atoms with E-state index in [4.69, 9.17) is 14.2 Å². The van der Waals surface area contributed by atoms with Gasteiger partial charge in [0.15, 0.2) is 11.5 Å². The Balaban J connectivity index is 0.00000342. The molecule has 4 rings (SSSR count). The third-order valence-corrected chi connectivity index (χ3v) is 6.33. The molecule has 2 aromatic rings. The molecule has 1 amide bonds. The monoisotopic (exact) mass is 480 g/mol. The summed E-state index contributed by atoms with van der Waals surface area (Å²) in [6.45, 7) is 5.29. The first-order valence-corrected chi connectivity index (χ1v) is 11.6. The molecule has 2 fully saturated rings. The zero-order valence-electron chi connectivity index (χ0n) is 19.8. The summed E-state index contributed by atoms with van der Waals surface area (Å²) in [5.74, 6) is 0.995. The number of nitrogens with one attached hydrogen (secondary N) is 1. The molecule has 1 aromatic carbocycles. The maximum Gasteiger partial charge on any atom is 0.253 e. The highest BCUT2D eigenvalue weighted by Gasteiger charge is 2.45. The maximum atomic E-state index is 13.2. The summed E-state index contributed by atoms with van der Waals surface area (Å²) in [5, 5.41) is 6.88. The quantitative estimate of drug-likeness (QED) is 0.650. The van der Waals surface area contributed by atoms with E-state index in [0.29, 0.717) is 56.1 Å². The molecule has 0 radical (unpaired) electrons. The Morgan fingerprint density at radius 3 is 2.68 bits per heavy atom. The van der Waals surface area contributed by atoms with Crippen molar-refractivity contribution in [3.05, 3.63) is 41.7 Å². The van der Waals surface area contributed by atoms with Crippen molar-refractivity contribution in [1.82, 2.24) is 20.0 Å². The van der Waals surface area contributed by atoms with E-state index < -0.39 is 12.0 Å². The fourth-order valence-electron chi connectivity index (χ4n) is 4.75. The van der Waals surface area contributed by atoms with Gasteiger partial charge in [-0.25, -0.2) is 8.78 Å². The maximum absolute atomic E-state index is 13.2. The number of H-pyrrole nitrogens is 1. The summed E-state index contributed by atoms with van der Waals surface area (Å²) < 4.78 is 44.0. The van der Waals surface area contributed by atoms with Crippen molar-refractivity contribution in [2.45, 2.75) is 50.9 Å². The van der Waals surface area contributed by atoms with Gasteiger partial charge < -0.3 is 19.1 Å². The van der Waals surface area contributed by atoms with Crippen molar-refractivity contribution < 1.29 is 29.2 Å². The molecule has 1 atom stereocenters. The number of likely N-dealkylation sites (tertiary alicyclic amines) is 1. The molecule has 1 spiro atoms. The minimum Gasteiger partial charge on any atom is -0.493 e. The Labute approximate surface area is 199 Å². The van der Waals surface area contributed by atoms with Crippen LogP contribution in [0.4, 0.5) is 8.78 Å². The Morgan fingerprint density at radius 1 is 1.29 bits per heavy atom. The van der Waals surface area contributed by atoms with Crippen LogP contribution in [-0.2, 0) is 4.74 Å². The van der Waals surface area contributed by atoms with Gasteiger partial charge >= 0.3 is 0 Å². The Bertz CT molecular complexity index is 968. The van der Waals surface area contributed by atoms with E-state index in [-0.39, 0.29) is 26.1 Å². The van der Waals surface area contributed by atoms with Crippen LogP contribution < -0.4 is 9.47 Å². The van der Waals surface area contributed by atoms with Gasteiger partial charge in [-0.1, -0.05) is 0 Å². The highest BCUT2D eigenvalue weighted by Crippen LogP contribution is 2.38. The number of aromatic nitrogens is 2. The molecule has 1 N–H and O–H groups in total. The molecule has 188 valence electrons. The summed E-state index contributed by atoms with van der Waals surface area (Å²) >= 11 is 0. The topological polar surface area (TPSA) is 79.9 Å². The Morgan fingerprint density at radius 2 is 2.06 bits per heavy atom. The van der Waals surface area contributed by atoms with Crippen molar-refractivity contribution in [2.24, 2.45) is 0 Å². The third kappa shape index (κ3) is 5.50. The van der Waals surface area contributed by atoms with Crippen LogP contribution in [0.15, 0.2) is 30.5 Å². The van der Waals surface area contributed by atoms with Gasteiger partial charge in [0.05, 0.1) is 31.1 Å². The molecular formula is C24H34F2N4O4. The van der Waals surface area contributed by atoms with E-state index in [1.165, 1.54) is 0 Å². The zero-order chi connectivity index (χ0) is 24.3. The first-order chi connectivity index (χ1) is 16.3. The smallest absolute Gasteiger partial charge is 0.253 e. The number of amides is 1. The molecule has 2 aliphatic rings. The molecular weight excluding hydrogens is 446 g/mol. The second-order valence-corrected chi connectivity index (χ2v) is 9.21. The molecule has 3 heterocycles. The lowest BCUT2D eigenvalue weighted by Gasteiger charge is -2.49. The van der Waals surface area contributed by atoms with Crippen molar-refractivity contribution in [1.29, 1.82) is 0 Å². The number of carbonyl (C=O) groups excluding carboxylic acids is 1. The largest absolute Gasteiger partial charge is 0.493 e. The van der Waals surface area contributed by atoms with E-state index in [1.54, 1.807) is 41.3 Å². The molecule has 0 aliphatic carbocycles. The summed E-state index contributed by atoms with van der Waals surface area (Å²) in [6.07, 6.45) is -0.0417. The van der Waals surface area contributed by atoms with E-state index >= 15 is 0 Å². The van der Waals surface area contributed by atoms with Gasteiger partial charge in [-0.3, -0.25) is 14.8 Å². The van der Waals surface area contributed by atoms with Gasteiger partial charge in [-0.15, -0.1) is 0 Å². The third-order valence-electron chi connectivity index (χ3n) is 6.33. The number of methoxy groups -OCH3 is 1. The number of alkyl halides is 2. The average Bonchev–Trinajstić information content (AvgIpc) is 3.33. The number of piperidine rings is 1. The first-order valence-electron chi connectivity index (χ1n) is 11.6. The predicted molar refractivity (Wildman–Crippen MR) is 124 cm³/mol. The van der Waals surface area contributed by atoms with Gasteiger partial charge in [0.2, 0.25) is 0 Å². The number of ether oxygens (including phenoxy) is 3. The van der Waals surface area contributed by atoms with Gasteiger partial charge in [0.1, 0.15) is 6.10 Å². The molecule has 34 heavy (non-hydrogen) atoms. The lowest BCUT2D eigenvalue weighted by molar-refractivity contribution is -0.181. The SMILES string of the molecule is COc1cc(C(=O)N2CCC3(CC2)CN(CC(F)F)CC(c2ccn[nH]2)O3)ccc1OC(C)C.[HH]. The number of hydrogen-bond donors (Lipinski definition) is 1. The van der Waals surface area contributed by atoms with Crippen LogP contribution in [0.1, 0.15) is 50.3 Å². The number of carbonyl (C=O) groups is 1. The van der Waals surface area contributed by atoms with E-state index in [9.17, 15) is 13.6 Å². The summed E-state index contributed by atoms with van der Waals surface area (Å²) in [5.41, 5.74) is 0.697. The molecule has 1 unspecified atom stereocenters. The van der Waals surface area contributed by atoms with Crippen LogP contribution >= 0.6 is 0 Å². The average molecular weight is 481 g/mol. The van der Waals surface area contributed by atoms with Gasteiger partial charge in [0.25, 0.3) is 12.3 Å². The first kappa shape index (κ1) is 24.4. The van der Waals surface area contributed by atoms with Crippen molar-refractivity contribution >= 4 is 5.91 Å². The van der Waals surface area contributed by atoms with E-state index in [2.05, 4.69) is 10.2 Å². The van der Waals surface area contributed by atoms with Crippen LogP contribution in [0.2, 0.25) is 0 Å². The van der Waals surface area contributed by atoms with Crippen LogP contribution in [0.25, 0.3) is 0 Å². The van der Waals surface area contributed by atoms with Crippen LogP contribution in [0.3, 0.4) is 0 Å². The fourth-order valence-corrected chi connectivity index (χ4v) is 4.75. The van der Waals surface area contributed by atoms with Crippen molar-refractivity contribution in [3.63, 3.8) is 0 Å². The normalized spacial score (nSPS) is 20.8. The molecule has 10 heteroatoms. The molecule has 0 saturated carbocycles. The minimum absolute atomic E-state index is 0. The van der Waals surface area contributed by atoms with Crippen LogP contribution in [0.5, 0.6) is 11.5 Å². The van der Waals surface area contributed by atoms with Gasteiger partial charge in [0, 0.05) is 39.4 Å². The lowest BCUT2D eigenvalue weighted by Crippen LogP contribution is -2.58. The number of rotatable bonds is 7. The standard InChI is InChI=1S/C24H32F2N4O4.H2/c1-16(2)33-19-5-4-17(12-20(19)32-3)23(31)30-10-7-24(8-11-30)15-29(14-22(25)26)13-21(34-24)18-6-9-27-28-18;/h4-6,9,12,16,21-22H,7-8,10-11,13-15H2,1-3H3,(H,27,28);1H. The van der Waals surface area contributed by atoms with Crippen molar-refractivity contribution in [2.75, 3.05) is 39.8 Å². The predicted octanol–water partition coefficient (Wildman–Crippen LogP) is 3.76. The number of benzene rings is 1. The fraction of sp³-hybridized carbons (Fsp3) is 0.583. The summed E-state index contributed by atoms with van der Waals surface area (Å²) in [6, 6.07) is 6.99.